The molecule has 1 fully saturated rings. The van der Waals surface area contributed by atoms with Crippen molar-refractivity contribution >= 4 is 5.82 Å². The molecule has 1 aliphatic heterocycles. The SMILES string of the molecule is CN1CCC(c2ccc(NCCCN)nn2)C1. The molecule has 0 saturated carbocycles. The first kappa shape index (κ1) is 12.3. The van der Waals surface area contributed by atoms with Crippen LogP contribution in [-0.2, 0) is 0 Å². The highest BCUT2D eigenvalue weighted by Crippen LogP contribution is 2.24. The number of anilines is 1. The smallest absolute Gasteiger partial charge is 0.148 e. The molecule has 17 heavy (non-hydrogen) atoms. The third-order valence-electron chi connectivity index (χ3n) is 3.18. The number of nitrogens with zero attached hydrogens (tertiary/aromatic N) is 3. The van der Waals surface area contributed by atoms with E-state index in [0.717, 1.165) is 37.6 Å². The molecule has 94 valence electrons. The quantitative estimate of drug-likeness (QED) is 0.734. The second kappa shape index (κ2) is 5.93. The average Bonchev–Trinajstić information content (AvgIpc) is 2.77. The summed E-state index contributed by atoms with van der Waals surface area (Å²) in [6, 6.07) is 4.10. The summed E-state index contributed by atoms with van der Waals surface area (Å²) < 4.78 is 0. The summed E-state index contributed by atoms with van der Waals surface area (Å²) in [5.74, 6) is 1.39. The maximum Gasteiger partial charge on any atom is 0.148 e. The maximum atomic E-state index is 5.43. The minimum atomic E-state index is 0.547. The fourth-order valence-electron chi connectivity index (χ4n) is 2.15. The Balaban J connectivity index is 1.89. The van der Waals surface area contributed by atoms with Crippen molar-refractivity contribution in [2.45, 2.75) is 18.8 Å². The van der Waals surface area contributed by atoms with Gasteiger partial charge in [0.2, 0.25) is 0 Å². The van der Waals surface area contributed by atoms with E-state index in [9.17, 15) is 0 Å². The van der Waals surface area contributed by atoms with E-state index >= 15 is 0 Å². The lowest BCUT2D eigenvalue weighted by Crippen LogP contribution is -2.14. The lowest BCUT2D eigenvalue weighted by Gasteiger charge is -2.10. The van der Waals surface area contributed by atoms with Crippen LogP contribution in [0.5, 0.6) is 0 Å². The molecule has 1 aliphatic rings. The van der Waals surface area contributed by atoms with Crippen LogP contribution in [-0.4, -0.2) is 48.3 Å². The normalized spacial score (nSPS) is 20.7. The summed E-state index contributed by atoms with van der Waals surface area (Å²) in [5, 5.41) is 11.7. The van der Waals surface area contributed by atoms with Gasteiger partial charge in [-0.3, -0.25) is 0 Å². The first-order valence-electron chi connectivity index (χ1n) is 6.25. The van der Waals surface area contributed by atoms with Gasteiger partial charge in [-0.2, -0.15) is 5.10 Å². The predicted octanol–water partition coefficient (Wildman–Crippen LogP) is 0.656. The van der Waals surface area contributed by atoms with Crippen LogP contribution in [0, 0.1) is 0 Å². The van der Waals surface area contributed by atoms with Crippen molar-refractivity contribution < 1.29 is 0 Å². The highest BCUT2D eigenvalue weighted by atomic mass is 15.2. The van der Waals surface area contributed by atoms with Gasteiger partial charge in [0.15, 0.2) is 0 Å². The Morgan fingerprint density at radius 3 is 2.94 bits per heavy atom. The number of nitrogens with two attached hydrogens (primary N) is 1. The number of hydrogen-bond donors (Lipinski definition) is 2. The molecule has 1 saturated heterocycles. The van der Waals surface area contributed by atoms with Crippen LogP contribution in [0.3, 0.4) is 0 Å². The Morgan fingerprint density at radius 1 is 1.47 bits per heavy atom. The molecule has 1 aromatic rings. The minimum Gasteiger partial charge on any atom is -0.369 e. The van der Waals surface area contributed by atoms with Crippen molar-refractivity contribution in [1.82, 2.24) is 15.1 Å². The Labute approximate surface area is 102 Å². The second-order valence-electron chi connectivity index (χ2n) is 4.66. The van der Waals surface area contributed by atoms with E-state index in [1.807, 2.05) is 6.07 Å². The number of rotatable bonds is 5. The monoisotopic (exact) mass is 235 g/mol. The lowest BCUT2D eigenvalue weighted by molar-refractivity contribution is 0.410. The van der Waals surface area contributed by atoms with Gasteiger partial charge in [0.05, 0.1) is 5.69 Å². The Bertz CT molecular complexity index is 337. The molecule has 3 N–H and O–H groups in total. The molecular formula is C12H21N5. The first-order valence-corrected chi connectivity index (χ1v) is 6.25. The second-order valence-corrected chi connectivity index (χ2v) is 4.66. The van der Waals surface area contributed by atoms with Gasteiger partial charge in [0.1, 0.15) is 5.82 Å². The van der Waals surface area contributed by atoms with Crippen LogP contribution in [0.2, 0.25) is 0 Å². The average molecular weight is 235 g/mol. The topological polar surface area (TPSA) is 67.1 Å². The van der Waals surface area contributed by atoms with Crippen molar-refractivity contribution in [2.24, 2.45) is 5.73 Å². The first-order chi connectivity index (χ1) is 8.29. The van der Waals surface area contributed by atoms with Gasteiger partial charge in [-0.05, 0) is 45.1 Å². The molecule has 5 nitrogen and oxygen atoms in total. The third kappa shape index (κ3) is 3.38. The number of likely N-dealkylation sites (tertiary alicyclic amines) is 1. The van der Waals surface area contributed by atoms with Crippen molar-refractivity contribution in [2.75, 3.05) is 38.5 Å². The highest BCUT2D eigenvalue weighted by Gasteiger charge is 2.22. The van der Waals surface area contributed by atoms with E-state index in [0.29, 0.717) is 12.5 Å². The summed E-state index contributed by atoms with van der Waals surface area (Å²) in [7, 11) is 2.15. The number of nitrogens with one attached hydrogen (secondary N) is 1. The van der Waals surface area contributed by atoms with Crippen molar-refractivity contribution in [3.8, 4) is 0 Å². The number of likely N-dealkylation sites (N-methyl/N-ethyl adjacent to an activating group) is 1. The number of hydrogen-bond acceptors (Lipinski definition) is 5. The molecule has 0 amide bonds. The van der Waals surface area contributed by atoms with Crippen LogP contribution in [0.4, 0.5) is 5.82 Å². The van der Waals surface area contributed by atoms with Gasteiger partial charge in [-0.25, -0.2) is 0 Å². The van der Waals surface area contributed by atoms with E-state index in [4.69, 9.17) is 5.73 Å². The Kier molecular flexibility index (Phi) is 4.28. The van der Waals surface area contributed by atoms with Crippen molar-refractivity contribution in [3.63, 3.8) is 0 Å². The minimum absolute atomic E-state index is 0.547. The highest BCUT2D eigenvalue weighted by molar-refractivity contribution is 5.33. The molecule has 1 aromatic heterocycles. The van der Waals surface area contributed by atoms with Gasteiger partial charge >= 0.3 is 0 Å². The molecule has 2 heterocycles. The Morgan fingerprint density at radius 2 is 2.35 bits per heavy atom. The fraction of sp³-hybridized carbons (Fsp3) is 0.667. The van der Waals surface area contributed by atoms with Crippen LogP contribution in [0.15, 0.2) is 12.1 Å². The molecule has 0 aliphatic carbocycles. The Hall–Kier alpha value is -1.20. The maximum absolute atomic E-state index is 5.43. The van der Waals surface area contributed by atoms with Crippen molar-refractivity contribution in [3.05, 3.63) is 17.8 Å². The summed E-state index contributed by atoms with van der Waals surface area (Å²) in [6.45, 7) is 3.81. The predicted molar refractivity (Wildman–Crippen MR) is 69.0 cm³/mol. The van der Waals surface area contributed by atoms with Crippen LogP contribution >= 0.6 is 0 Å². The van der Waals surface area contributed by atoms with E-state index in [-0.39, 0.29) is 0 Å². The molecule has 5 heteroatoms. The van der Waals surface area contributed by atoms with E-state index in [1.165, 1.54) is 6.42 Å². The van der Waals surface area contributed by atoms with E-state index in [2.05, 4.69) is 33.5 Å². The lowest BCUT2D eigenvalue weighted by atomic mass is 10.1. The van der Waals surface area contributed by atoms with Gasteiger partial charge < -0.3 is 16.0 Å². The number of aromatic nitrogens is 2. The van der Waals surface area contributed by atoms with Gasteiger partial charge in [-0.1, -0.05) is 0 Å². The fourth-order valence-corrected chi connectivity index (χ4v) is 2.15. The van der Waals surface area contributed by atoms with E-state index < -0.39 is 0 Å². The zero-order valence-electron chi connectivity index (χ0n) is 10.4. The van der Waals surface area contributed by atoms with E-state index in [1.54, 1.807) is 0 Å². The largest absolute Gasteiger partial charge is 0.369 e. The molecule has 2 rings (SSSR count). The molecule has 1 atom stereocenters. The molecule has 0 bridgehead atoms. The summed E-state index contributed by atoms with van der Waals surface area (Å²) >= 11 is 0. The van der Waals surface area contributed by atoms with Crippen LogP contribution < -0.4 is 11.1 Å². The summed E-state index contributed by atoms with van der Waals surface area (Å²) in [4.78, 5) is 2.33. The standard InChI is InChI=1S/C12H21N5/c1-17-8-5-10(9-17)11-3-4-12(16-15-11)14-7-2-6-13/h3-4,10H,2,5-9,13H2,1H3,(H,14,16). The summed E-state index contributed by atoms with van der Waals surface area (Å²) in [5.41, 5.74) is 6.54. The van der Waals surface area contributed by atoms with Gasteiger partial charge in [0, 0.05) is 19.0 Å². The molecule has 0 radical (unpaired) electrons. The molecular weight excluding hydrogens is 214 g/mol. The van der Waals surface area contributed by atoms with Gasteiger partial charge in [-0.15, -0.1) is 5.10 Å². The zero-order valence-corrected chi connectivity index (χ0v) is 10.4. The van der Waals surface area contributed by atoms with Crippen LogP contribution in [0.1, 0.15) is 24.5 Å². The zero-order chi connectivity index (χ0) is 12.1. The third-order valence-corrected chi connectivity index (χ3v) is 3.18. The van der Waals surface area contributed by atoms with Gasteiger partial charge in [0.25, 0.3) is 0 Å². The molecule has 1 unspecified atom stereocenters. The molecule has 0 aromatic carbocycles. The van der Waals surface area contributed by atoms with Crippen molar-refractivity contribution in [1.29, 1.82) is 0 Å². The molecule has 0 spiro atoms. The summed E-state index contributed by atoms with van der Waals surface area (Å²) in [6.07, 6.45) is 2.14. The van der Waals surface area contributed by atoms with Crippen LogP contribution in [0.25, 0.3) is 0 Å².